The third-order valence-electron chi connectivity index (χ3n) is 3.67. The Bertz CT molecular complexity index is 905. The summed E-state index contributed by atoms with van der Waals surface area (Å²) in [6.07, 6.45) is 1.74. The number of thioether (sulfide) groups is 1. The summed E-state index contributed by atoms with van der Waals surface area (Å²) in [6.45, 7) is 0.363. The van der Waals surface area contributed by atoms with Crippen molar-refractivity contribution in [3.05, 3.63) is 71.9 Å². The Hall–Kier alpha value is -2.86. The molecule has 3 rings (SSSR count). The first-order valence-corrected chi connectivity index (χ1v) is 8.67. The molecule has 0 atom stereocenters. The van der Waals surface area contributed by atoms with Crippen molar-refractivity contribution < 1.29 is 14.7 Å². The number of carbonyl (C=O) groups is 2. The van der Waals surface area contributed by atoms with Crippen LogP contribution in [0.1, 0.15) is 15.9 Å². The quantitative estimate of drug-likeness (QED) is 0.665. The van der Waals surface area contributed by atoms with Crippen molar-refractivity contribution in [1.29, 1.82) is 0 Å². The molecular formula is C19H16N2O3S. The monoisotopic (exact) mass is 352 g/mol. The van der Waals surface area contributed by atoms with Gasteiger partial charge >= 0.3 is 5.97 Å². The maximum Gasteiger partial charge on any atom is 0.335 e. The average Bonchev–Trinajstić information content (AvgIpc) is 2.65. The molecule has 0 unspecified atom stereocenters. The van der Waals surface area contributed by atoms with Crippen LogP contribution in [0.4, 0.5) is 0 Å². The zero-order valence-electron chi connectivity index (χ0n) is 13.3. The highest BCUT2D eigenvalue weighted by molar-refractivity contribution is 8.00. The van der Waals surface area contributed by atoms with Gasteiger partial charge in [0.2, 0.25) is 5.91 Å². The van der Waals surface area contributed by atoms with E-state index in [4.69, 9.17) is 5.11 Å². The van der Waals surface area contributed by atoms with E-state index in [1.807, 2.05) is 30.3 Å². The largest absolute Gasteiger partial charge is 0.478 e. The summed E-state index contributed by atoms with van der Waals surface area (Å²) in [4.78, 5) is 27.2. The summed E-state index contributed by atoms with van der Waals surface area (Å²) in [5, 5.41) is 14.7. The normalized spacial score (nSPS) is 10.6. The summed E-state index contributed by atoms with van der Waals surface area (Å²) in [7, 11) is 0. The predicted octanol–water partition coefficient (Wildman–Crippen LogP) is 3.34. The molecule has 1 aromatic heterocycles. The number of fused-ring (bicyclic) bond motifs is 1. The van der Waals surface area contributed by atoms with Gasteiger partial charge in [-0.3, -0.25) is 4.79 Å². The lowest BCUT2D eigenvalue weighted by atomic mass is 10.1. The van der Waals surface area contributed by atoms with Crippen LogP contribution in [-0.2, 0) is 11.3 Å². The Morgan fingerprint density at radius 2 is 1.80 bits per heavy atom. The van der Waals surface area contributed by atoms with Crippen molar-refractivity contribution >= 4 is 34.4 Å². The molecule has 0 saturated heterocycles. The van der Waals surface area contributed by atoms with E-state index in [1.165, 1.54) is 23.9 Å². The smallest absolute Gasteiger partial charge is 0.335 e. The van der Waals surface area contributed by atoms with Gasteiger partial charge in [0.15, 0.2) is 0 Å². The molecule has 0 aliphatic carbocycles. The van der Waals surface area contributed by atoms with Crippen LogP contribution in [0.15, 0.2) is 65.8 Å². The van der Waals surface area contributed by atoms with E-state index in [2.05, 4.69) is 10.3 Å². The van der Waals surface area contributed by atoms with Crippen LogP contribution in [0.5, 0.6) is 0 Å². The number of nitrogens with one attached hydrogen (secondary N) is 1. The van der Waals surface area contributed by atoms with E-state index in [0.717, 1.165) is 21.4 Å². The highest BCUT2D eigenvalue weighted by atomic mass is 32.2. The Morgan fingerprint density at radius 1 is 1.04 bits per heavy atom. The molecule has 0 spiro atoms. The van der Waals surface area contributed by atoms with Crippen LogP contribution in [0.3, 0.4) is 0 Å². The molecule has 2 aromatic carbocycles. The second-order valence-corrected chi connectivity index (χ2v) is 6.37. The Morgan fingerprint density at radius 3 is 2.56 bits per heavy atom. The summed E-state index contributed by atoms with van der Waals surface area (Å²) in [6, 6.07) is 16.3. The molecule has 1 heterocycles. The summed E-state index contributed by atoms with van der Waals surface area (Å²) < 4.78 is 0. The summed E-state index contributed by atoms with van der Waals surface area (Å²) in [5.74, 6) is -0.787. The number of carboxylic acid groups (broad SMARTS) is 1. The Labute approximate surface area is 149 Å². The van der Waals surface area contributed by atoms with Crippen molar-refractivity contribution in [1.82, 2.24) is 10.3 Å². The third kappa shape index (κ3) is 4.36. The fourth-order valence-electron chi connectivity index (χ4n) is 2.36. The van der Waals surface area contributed by atoms with Crippen LogP contribution in [0.2, 0.25) is 0 Å². The number of hydrogen-bond acceptors (Lipinski definition) is 4. The first kappa shape index (κ1) is 17.0. The minimum absolute atomic E-state index is 0.0953. The zero-order chi connectivity index (χ0) is 17.6. The van der Waals surface area contributed by atoms with Crippen molar-refractivity contribution in [2.24, 2.45) is 0 Å². The fraction of sp³-hybridized carbons (Fsp3) is 0.105. The number of rotatable bonds is 6. The van der Waals surface area contributed by atoms with Gasteiger partial charge in [0.25, 0.3) is 0 Å². The molecule has 0 aliphatic heterocycles. The van der Waals surface area contributed by atoms with Gasteiger partial charge in [0.05, 0.1) is 11.3 Å². The molecule has 5 nitrogen and oxygen atoms in total. The maximum absolute atomic E-state index is 12.0. The van der Waals surface area contributed by atoms with Gasteiger partial charge in [0, 0.05) is 18.1 Å². The van der Waals surface area contributed by atoms with Crippen LogP contribution >= 0.6 is 11.8 Å². The second kappa shape index (κ2) is 7.81. The minimum Gasteiger partial charge on any atom is -0.478 e. The molecule has 0 radical (unpaired) electrons. The fourth-order valence-corrected chi connectivity index (χ4v) is 3.20. The van der Waals surface area contributed by atoms with Gasteiger partial charge in [-0.1, -0.05) is 48.2 Å². The van der Waals surface area contributed by atoms with Crippen molar-refractivity contribution in [3.63, 3.8) is 0 Å². The lowest BCUT2D eigenvalue weighted by Crippen LogP contribution is -2.24. The Kier molecular flexibility index (Phi) is 5.30. The van der Waals surface area contributed by atoms with E-state index in [0.29, 0.717) is 6.54 Å². The number of pyridine rings is 1. The molecule has 1 amide bonds. The lowest BCUT2D eigenvalue weighted by Gasteiger charge is -2.07. The molecule has 0 fully saturated rings. The lowest BCUT2D eigenvalue weighted by molar-refractivity contribution is -0.118. The number of hydrogen-bond donors (Lipinski definition) is 2. The van der Waals surface area contributed by atoms with E-state index in [9.17, 15) is 9.59 Å². The molecule has 0 bridgehead atoms. The van der Waals surface area contributed by atoms with Crippen molar-refractivity contribution in [2.75, 3.05) is 5.75 Å². The van der Waals surface area contributed by atoms with Gasteiger partial charge in [0.1, 0.15) is 5.03 Å². The average molecular weight is 352 g/mol. The molecule has 6 heteroatoms. The summed E-state index contributed by atoms with van der Waals surface area (Å²) >= 11 is 1.40. The summed E-state index contributed by atoms with van der Waals surface area (Å²) in [5.41, 5.74) is 1.08. The van der Waals surface area contributed by atoms with Crippen LogP contribution in [0, 0.1) is 0 Å². The highest BCUT2D eigenvalue weighted by Gasteiger charge is 2.07. The molecule has 0 aliphatic rings. The van der Waals surface area contributed by atoms with Crippen LogP contribution in [-0.4, -0.2) is 27.7 Å². The number of aromatic carboxylic acids is 1. The second-order valence-electron chi connectivity index (χ2n) is 5.40. The van der Waals surface area contributed by atoms with Crippen LogP contribution in [0.25, 0.3) is 10.8 Å². The SMILES string of the molecule is O=C(CSc1nccc2ccccc12)NCc1ccc(C(=O)O)cc1. The number of benzene rings is 2. The maximum atomic E-state index is 12.0. The van der Waals surface area contributed by atoms with Gasteiger partial charge in [-0.25, -0.2) is 9.78 Å². The zero-order valence-corrected chi connectivity index (χ0v) is 14.1. The van der Waals surface area contributed by atoms with Crippen LogP contribution < -0.4 is 5.32 Å². The molecule has 0 saturated carbocycles. The number of nitrogens with zero attached hydrogens (tertiary/aromatic N) is 1. The van der Waals surface area contributed by atoms with E-state index < -0.39 is 5.97 Å². The predicted molar refractivity (Wildman–Crippen MR) is 97.7 cm³/mol. The van der Waals surface area contributed by atoms with Gasteiger partial charge in [-0.15, -0.1) is 0 Å². The first-order chi connectivity index (χ1) is 12.1. The third-order valence-corrected chi connectivity index (χ3v) is 4.67. The highest BCUT2D eigenvalue weighted by Crippen LogP contribution is 2.25. The topological polar surface area (TPSA) is 79.3 Å². The van der Waals surface area contributed by atoms with E-state index >= 15 is 0 Å². The number of aromatic nitrogens is 1. The molecular weight excluding hydrogens is 336 g/mol. The van der Waals surface area contributed by atoms with Gasteiger partial charge in [-0.05, 0) is 29.1 Å². The van der Waals surface area contributed by atoms with Crippen molar-refractivity contribution in [2.45, 2.75) is 11.6 Å². The first-order valence-electron chi connectivity index (χ1n) is 7.69. The number of amides is 1. The molecule has 25 heavy (non-hydrogen) atoms. The molecule has 3 aromatic rings. The van der Waals surface area contributed by atoms with Gasteiger partial charge in [-0.2, -0.15) is 0 Å². The number of carboxylic acids is 1. The molecule has 126 valence electrons. The van der Waals surface area contributed by atoms with Crippen molar-refractivity contribution in [3.8, 4) is 0 Å². The van der Waals surface area contributed by atoms with E-state index in [-0.39, 0.29) is 17.2 Å². The minimum atomic E-state index is -0.963. The standard InChI is InChI=1S/C19H16N2O3S/c22-17(21-11-13-5-7-15(8-6-13)19(23)24)12-25-18-16-4-2-1-3-14(16)9-10-20-18/h1-10H,11-12H2,(H,21,22)(H,23,24). The van der Waals surface area contributed by atoms with Gasteiger partial charge < -0.3 is 10.4 Å². The molecule has 2 N–H and O–H groups in total. The number of carbonyl (C=O) groups excluding carboxylic acids is 1. The Balaban J connectivity index is 1.55. The van der Waals surface area contributed by atoms with E-state index in [1.54, 1.807) is 18.3 Å².